The molecule has 21 heavy (non-hydrogen) atoms. The van der Waals surface area contributed by atoms with E-state index in [4.69, 9.17) is 9.57 Å². The van der Waals surface area contributed by atoms with Crippen LogP contribution in [-0.4, -0.2) is 24.8 Å². The zero-order valence-electron chi connectivity index (χ0n) is 12.1. The monoisotopic (exact) mass is 303 g/mol. The molecular formula is C15H20F3NO2. The van der Waals surface area contributed by atoms with Gasteiger partial charge < -0.3 is 9.57 Å². The summed E-state index contributed by atoms with van der Waals surface area (Å²) in [7, 11) is 0. The summed E-state index contributed by atoms with van der Waals surface area (Å²) < 4.78 is 43.7. The summed E-state index contributed by atoms with van der Waals surface area (Å²) in [6.45, 7) is 3.83. The van der Waals surface area contributed by atoms with E-state index in [0.29, 0.717) is 12.4 Å². The van der Waals surface area contributed by atoms with Crippen LogP contribution in [0.2, 0.25) is 0 Å². The molecule has 6 heteroatoms. The molecule has 1 aromatic carbocycles. The van der Waals surface area contributed by atoms with E-state index in [0.717, 1.165) is 50.9 Å². The van der Waals surface area contributed by atoms with E-state index < -0.39 is 11.7 Å². The Morgan fingerprint density at radius 1 is 1.10 bits per heavy atom. The van der Waals surface area contributed by atoms with E-state index in [-0.39, 0.29) is 5.75 Å². The second-order valence-electron chi connectivity index (χ2n) is 5.09. The Morgan fingerprint density at radius 3 is 2.43 bits per heavy atom. The Labute approximate surface area is 122 Å². The second kappa shape index (κ2) is 7.02. The van der Waals surface area contributed by atoms with Crippen LogP contribution in [0, 0.1) is 0 Å². The summed E-state index contributed by atoms with van der Waals surface area (Å²) in [6.07, 6.45) is -0.434. The van der Waals surface area contributed by atoms with Gasteiger partial charge in [-0.3, -0.25) is 0 Å². The van der Waals surface area contributed by atoms with Crippen LogP contribution < -0.4 is 9.57 Å². The summed E-state index contributed by atoms with van der Waals surface area (Å²) >= 11 is 0. The molecule has 1 aromatic rings. The van der Waals surface area contributed by atoms with E-state index >= 15 is 0 Å². The number of benzene rings is 1. The quantitative estimate of drug-likeness (QED) is 0.810. The molecule has 1 aliphatic heterocycles. The van der Waals surface area contributed by atoms with Crippen molar-refractivity contribution in [3.8, 4) is 11.5 Å². The first-order chi connectivity index (χ1) is 10.0. The average Bonchev–Trinajstić information content (AvgIpc) is 2.46. The standard InChI is InChI=1S/C15H20F3NO2/c1-2-10-20-14-11-12(15(16,17)18)6-7-13(14)21-19-8-4-3-5-9-19/h6-7,11H,2-5,8-10H2,1H3. The van der Waals surface area contributed by atoms with Crippen molar-refractivity contribution in [2.45, 2.75) is 38.8 Å². The van der Waals surface area contributed by atoms with Crippen molar-refractivity contribution in [3.63, 3.8) is 0 Å². The van der Waals surface area contributed by atoms with Gasteiger partial charge in [-0.2, -0.15) is 13.2 Å². The van der Waals surface area contributed by atoms with Gasteiger partial charge in [-0.05, 0) is 37.5 Å². The molecule has 0 saturated carbocycles. The van der Waals surface area contributed by atoms with Crippen LogP contribution in [0.25, 0.3) is 0 Å². The maximum absolute atomic E-state index is 12.8. The number of ether oxygens (including phenoxy) is 1. The number of hydroxylamine groups is 2. The maximum atomic E-state index is 12.8. The second-order valence-corrected chi connectivity index (χ2v) is 5.09. The third kappa shape index (κ3) is 4.52. The lowest BCUT2D eigenvalue weighted by atomic mass is 10.2. The number of alkyl halides is 3. The first kappa shape index (κ1) is 15.9. The van der Waals surface area contributed by atoms with Crippen LogP contribution >= 0.6 is 0 Å². The normalized spacial score (nSPS) is 16.8. The Morgan fingerprint density at radius 2 is 1.81 bits per heavy atom. The molecular weight excluding hydrogens is 283 g/mol. The van der Waals surface area contributed by atoms with Gasteiger partial charge in [-0.15, -0.1) is 5.06 Å². The van der Waals surface area contributed by atoms with Crippen LogP contribution in [0.5, 0.6) is 11.5 Å². The van der Waals surface area contributed by atoms with Crippen LogP contribution in [0.4, 0.5) is 13.2 Å². The third-order valence-electron chi connectivity index (χ3n) is 3.28. The lowest BCUT2D eigenvalue weighted by molar-refractivity contribution is -0.137. The molecule has 1 heterocycles. The predicted molar refractivity (Wildman–Crippen MR) is 73.3 cm³/mol. The van der Waals surface area contributed by atoms with E-state index in [1.807, 2.05) is 6.92 Å². The third-order valence-corrected chi connectivity index (χ3v) is 3.28. The molecule has 0 atom stereocenters. The molecule has 0 aromatic heterocycles. The molecule has 0 unspecified atom stereocenters. The first-order valence-corrected chi connectivity index (χ1v) is 7.27. The van der Waals surface area contributed by atoms with Crippen molar-refractivity contribution < 1.29 is 22.7 Å². The van der Waals surface area contributed by atoms with E-state index in [1.54, 1.807) is 5.06 Å². The summed E-state index contributed by atoms with van der Waals surface area (Å²) in [5.74, 6) is 0.496. The van der Waals surface area contributed by atoms with Crippen LogP contribution in [-0.2, 0) is 6.18 Å². The minimum atomic E-state index is -4.38. The van der Waals surface area contributed by atoms with Gasteiger partial charge in [0.15, 0.2) is 11.5 Å². The fraction of sp³-hybridized carbons (Fsp3) is 0.600. The molecule has 2 rings (SSSR count). The Kier molecular flexibility index (Phi) is 5.33. The predicted octanol–water partition coefficient (Wildman–Crippen LogP) is 4.27. The van der Waals surface area contributed by atoms with Gasteiger partial charge in [0.25, 0.3) is 0 Å². The molecule has 0 amide bonds. The average molecular weight is 303 g/mol. The van der Waals surface area contributed by atoms with E-state index in [2.05, 4.69) is 0 Å². The van der Waals surface area contributed by atoms with Gasteiger partial charge in [-0.1, -0.05) is 13.3 Å². The summed E-state index contributed by atoms with van der Waals surface area (Å²) in [6, 6.07) is 3.37. The lowest BCUT2D eigenvalue weighted by Crippen LogP contribution is -2.33. The summed E-state index contributed by atoms with van der Waals surface area (Å²) in [4.78, 5) is 5.69. The van der Waals surface area contributed by atoms with Gasteiger partial charge in [0.05, 0.1) is 12.2 Å². The molecule has 1 aliphatic rings. The summed E-state index contributed by atoms with van der Waals surface area (Å²) in [5, 5.41) is 1.78. The molecule has 1 saturated heterocycles. The highest BCUT2D eigenvalue weighted by molar-refractivity contribution is 5.43. The molecule has 0 bridgehead atoms. The molecule has 3 nitrogen and oxygen atoms in total. The van der Waals surface area contributed by atoms with Crippen molar-refractivity contribution >= 4 is 0 Å². The number of piperidine rings is 1. The van der Waals surface area contributed by atoms with Crippen molar-refractivity contribution in [2.24, 2.45) is 0 Å². The number of hydrogen-bond acceptors (Lipinski definition) is 3. The SMILES string of the molecule is CCCOc1cc(C(F)(F)F)ccc1ON1CCCCC1. The number of hydrogen-bond donors (Lipinski definition) is 0. The lowest BCUT2D eigenvalue weighted by Gasteiger charge is -2.27. The molecule has 0 spiro atoms. The summed E-state index contributed by atoms with van der Waals surface area (Å²) in [5.41, 5.74) is -0.723. The van der Waals surface area contributed by atoms with Crippen molar-refractivity contribution in [1.82, 2.24) is 5.06 Å². The zero-order chi connectivity index (χ0) is 15.3. The molecule has 0 radical (unpaired) electrons. The fourth-order valence-electron chi connectivity index (χ4n) is 2.18. The largest absolute Gasteiger partial charge is 0.490 e. The minimum absolute atomic E-state index is 0.150. The smallest absolute Gasteiger partial charge is 0.416 e. The maximum Gasteiger partial charge on any atom is 0.416 e. The highest BCUT2D eigenvalue weighted by Crippen LogP contribution is 2.37. The molecule has 1 fully saturated rings. The Hall–Kier alpha value is -1.43. The van der Waals surface area contributed by atoms with Gasteiger partial charge in [0, 0.05) is 13.1 Å². The first-order valence-electron chi connectivity index (χ1n) is 7.27. The fourth-order valence-corrected chi connectivity index (χ4v) is 2.18. The van der Waals surface area contributed by atoms with Crippen molar-refractivity contribution in [3.05, 3.63) is 23.8 Å². The molecule has 118 valence electrons. The highest BCUT2D eigenvalue weighted by Gasteiger charge is 2.31. The van der Waals surface area contributed by atoms with Crippen LogP contribution in [0.3, 0.4) is 0 Å². The number of nitrogens with zero attached hydrogens (tertiary/aromatic N) is 1. The van der Waals surface area contributed by atoms with Crippen LogP contribution in [0.1, 0.15) is 38.2 Å². The number of rotatable bonds is 5. The molecule has 0 aliphatic carbocycles. The van der Waals surface area contributed by atoms with Crippen LogP contribution in [0.15, 0.2) is 18.2 Å². The van der Waals surface area contributed by atoms with Gasteiger partial charge >= 0.3 is 6.18 Å². The number of halogens is 3. The van der Waals surface area contributed by atoms with Gasteiger partial charge in [0.1, 0.15) is 0 Å². The molecule has 0 N–H and O–H groups in total. The van der Waals surface area contributed by atoms with Crippen molar-refractivity contribution in [1.29, 1.82) is 0 Å². The van der Waals surface area contributed by atoms with Gasteiger partial charge in [-0.25, -0.2) is 0 Å². The van der Waals surface area contributed by atoms with Crippen molar-refractivity contribution in [2.75, 3.05) is 19.7 Å². The topological polar surface area (TPSA) is 21.7 Å². The Balaban J connectivity index is 2.17. The van der Waals surface area contributed by atoms with E-state index in [9.17, 15) is 13.2 Å². The highest BCUT2D eigenvalue weighted by atomic mass is 19.4. The van der Waals surface area contributed by atoms with E-state index in [1.165, 1.54) is 6.07 Å². The Bertz CT molecular complexity index is 457. The minimum Gasteiger partial charge on any atom is -0.490 e. The van der Waals surface area contributed by atoms with Gasteiger partial charge in [0.2, 0.25) is 0 Å². The zero-order valence-corrected chi connectivity index (χ0v) is 12.1.